The van der Waals surface area contributed by atoms with Gasteiger partial charge in [0.1, 0.15) is 0 Å². The van der Waals surface area contributed by atoms with Gasteiger partial charge >= 0.3 is 0 Å². The Morgan fingerprint density at radius 3 is 2.78 bits per heavy atom. The van der Waals surface area contributed by atoms with E-state index in [4.69, 9.17) is 4.74 Å². The van der Waals surface area contributed by atoms with Crippen LogP contribution >= 0.6 is 0 Å². The van der Waals surface area contributed by atoms with Crippen molar-refractivity contribution in [1.29, 1.82) is 0 Å². The monoisotopic (exact) mass is 127 g/mol. The number of epoxide rings is 1. The summed E-state index contributed by atoms with van der Waals surface area (Å²) in [7, 11) is 2.19. The highest BCUT2D eigenvalue weighted by atomic mass is 16.6. The third kappa shape index (κ3) is 0.970. The molecule has 0 spiro atoms. The Hall–Kier alpha value is -0.0800. The molecule has 0 saturated carbocycles. The average molecular weight is 127 g/mol. The molecule has 2 unspecified atom stereocenters. The van der Waals surface area contributed by atoms with E-state index in [2.05, 4.69) is 11.9 Å². The Balaban J connectivity index is 1.93. The summed E-state index contributed by atoms with van der Waals surface area (Å²) in [6.07, 6.45) is 3.31. The molecule has 2 heteroatoms. The van der Waals surface area contributed by atoms with E-state index in [1.807, 2.05) is 0 Å². The van der Waals surface area contributed by atoms with Crippen molar-refractivity contribution in [1.82, 2.24) is 4.90 Å². The molecule has 2 fully saturated rings. The molecule has 0 aromatic carbocycles. The second-order valence-corrected chi connectivity index (χ2v) is 3.06. The van der Waals surface area contributed by atoms with E-state index in [-0.39, 0.29) is 0 Å². The largest absolute Gasteiger partial charge is 0.371 e. The van der Waals surface area contributed by atoms with Gasteiger partial charge in [0.2, 0.25) is 0 Å². The molecule has 2 saturated heterocycles. The van der Waals surface area contributed by atoms with E-state index in [1.165, 1.54) is 19.4 Å². The average Bonchev–Trinajstić information content (AvgIpc) is 2.58. The standard InChI is InChI=1S/C7H13NO/c1-8-4-2-3-6(8)7-5-9-7/h6-7H,2-5H2,1H3. The third-order valence-electron chi connectivity index (χ3n) is 2.37. The van der Waals surface area contributed by atoms with E-state index < -0.39 is 0 Å². The van der Waals surface area contributed by atoms with Gasteiger partial charge in [-0.25, -0.2) is 0 Å². The molecule has 0 aliphatic carbocycles. The van der Waals surface area contributed by atoms with Crippen LogP contribution in [0.25, 0.3) is 0 Å². The SMILES string of the molecule is CN1CCCC1C1CO1. The molecule has 0 amide bonds. The molecule has 0 N–H and O–H groups in total. The van der Waals surface area contributed by atoms with E-state index in [9.17, 15) is 0 Å². The second kappa shape index (κ2) is 1.96. The molecule has 2 aliphatic heterocycles. The number of hydrogen-bond donors (Lipinski definition) is 0. The first-order chi connectivity index (χ1) is 4.38. The summed E-state index contributed by atoms with van der Waals surface area (Å²) >= 11 is 0. The predicted octanol–water partition coefficient (Wildman–Crippen LogP) is 0.479. The number of likely N-dealkylation sites (N-methyl/N-ethyl adjacent to an activating group) is 1. The van der Waals surface area contributed by atoms with Gasteiger partial charge in [-0.05, 0) is 26.4 Å². The van der Waals surface area contributed by atoms with Gasteiger partial charge in [-0.1, -0.05) is 0 Å². The zero-order valence-electron chi connectivity index (χ0n) is 5.84. The van der Waals surface area contributed by atoms with Crippen LogP contribution in [0, 0.1) is 0 Å². The molecule has 52 valence electrons. The fourth-order valence-electron chi connectivity index (χ4n) is 1.68. The Morgan fingerprint density at radius 2 is 2.33 bits per heavy atom. The lowest BCUT2D eigenvalue weighted by molar-refractivity contribution is 0.245. The lowest BCUT2D eigenvalue weighted by atomic mass is 10.2. The molecule has 0 radical (unpaired) electrons. The highest BCUT2D eigenvalue weighted by molar-refractivity contribution is 4.89. The summed E-state index contributed by atoms with van der Waals surface area (Å²) < 4.78 is 5.22. The number of nitrogens with zero attached hydrogens (tertiary/aromatic N) is 1. The van der Waals surface area contributed by atoms with E-state index in [1.54, 1.807) is 0 Å². The van der Waals surface area contributed by atoms with Gasteiger partial charge in [-0.15, -0.1) is 0 Å². The molecule has 0 aromatic rings. The van der Waals surface area contributed by atoms with Crippen molar-refractivity contribution in [3.63, 3.8) is 0 Å². The fraction of sp³-hybridized carbons (Fsp3) is 1.00. The molecule has 2 rings (SSSR count). The molecule has 2 atom stereocenters. The summed E-state index contributed by atoms with van der Waals surface area (Å²) in [6, 6.07) is 0.755. The first kappa shape index (κ1) is 5.69. The Morgan fingerprint density at radius 1 is 1.56 bits per heavy atom. The summed E-state index contributed by atoms with van der Waals surface area (Å²) in [5.74, 6) is 0. The van der Waals surface area contributed by atoms with Crippen LogP contribution in [0.15, 0.2) is 0 Å². The Labute approximate surface area is 55.8 Å². The van der Waals surface area contributed by atoms with Crippen molar-refractivity contribution >= 4 is 0 Å². The van der Waals surface area contributed by atoms with Gasteiger partial charge in [0, 0.05) is 6.04 Å². The van der Waals surface area contributed by atoms with Crippen molar-refractivity contribution in [3.8, 4) is 0 Å². The zero-order valence-corrected chi connectivity index (χ0v) is 5.84. The van der Waals surface area contributed by atoms with Gasteiger partial charge in [-0.2, -0.15) is 0 Å². The minimum atomic E-state index is 0.595. The van der Waals surface area contributed by atoms with Crippen LogP contribution in [0.3, 0.4) is 0 Å². The number of rotatable bonds is 1. The van der Waals surface area contributed by atoms with Crippen molar-refractivity contribution in [2.45, 2.75) is 25.0 Å². The Kier molecular flexibility index (Phi) is 1.24. The van der Waals surface area contributed by atoms with Crippen LogP contribution in [-0.4, -0.2) is 37.2 Å². The second-order valence-electron chi connectivity index (χ2n) is 3.06. The maximum absolute atomic E-state index is 5.22. The summed E-state index contributed by atoms with van der Waals surface area (Å²) in [4.78, 5) is 2.41. The molecular formula is C7H13NO. The van der Waals surface area contributed by atoms with Crippen LogP contribution in [0.1, 0.15) is 12.8 Å². The zero-order chi connectivity index (χ0) is 6.27. The number of ether oxygens (including phenoxy) is 1. The highest BCUT2D eigenvalue weighted by Gasteiger charge is 2.37. The van der Waals surface area contributed by atoms with Crippen molar-refractivity contribution in [3.05, 3.63) is 0 Å². The topological polar surface area (TPSA) is 15.8 Å². The molecule has 2 nitrogen and oxygen atoms in total. The lowest BCUT2D eigenvalue weighted by Gasteiger charge is -2.15. The first-order valence-electron chi connectivity index (χ1n) is 3.70. The smallest absolute Gasteiger partial charge is 0.0964 e. The molecule has 0 bridgehead atoms. The van der Waals surface area contributed by atoms with E-state index in [0.29, 0.717) is 6.10 Å². The summed E-state index contributed by atoms with van der Waals surface area (Å²) in [5.41, 5.74) is 0. The molecular weight excluding hydrogens is 114 g/mol. The molecule has 2 aliphatic rings. The quantitative estimate of drug-likeness (QED) is 0.476. The molecule has 9 heavy (non-hydrogen) atoms. The first-order valence-corrected chi connectivity index (χ1v) is 3.70. The maximum atomic E-state index is 5.22. The van der Waals surface area contributed by atoms with Gasteiger partial charge in [0.15, 0.2) is 0 Å². The van der Waals surface area contributed by atoms with Crippen LogP contribution in [-0.2, 0) is 4.74 Å². The van der Waals surface area contributed by atoms with Gasteiger partial charge < -0.3 is 9.64 Å². The van der Waals surface area contributed by atoms with Crippen molar-refractivity contribution in [2.75, 3.05) is 20.2 Å². The van der Waals surface area contributed by atoms with Crippen molar-refractivity contribution < 1.29 is 4.74 Å². The highest BCUT2D eigenvalue weighted by Crippen LogP contribution is 2.26. The normalized spacial score (nSPS) is 43.7. The van der Waals surface area contributed by atoms with Gasteiger partial charge in [-0.3, -0.25) is 0 Å². The van der Waals surface area contributed by atoms with Crippen LogP contribution in [0.5, 0.6) is 0 Å². The van der Waals surface area contributed by atoms with Gasteiger partial charge in [0.05, 0.1) is 12.7 Å². The van der Waals surface area contributed by atoms with Crippen LogP contribution in [0.2, 0.25) is 0 Å². The Bertz CT molecular complexity index is 111. The number of hydrogen-bond acceptors (Lipinski definition) is 2. The minimum absolute atomic E-state index is 0.595. The lowest BCUT2D eigenvalue weighted by Crippen LogP contribution is -2.29. The van der Waals surface area contributed by atoms with E-state index in [0.717, 1.165) is 12.6 Å². The summed E-state index contributed by atoms with van der Waals surface area (Å²) in [5, 5.41) is 0. The van der Waals surface area contributed by atoms with Crippen molar-refractivity contribution in [2.24, 2.45) is 0 Å². The predicted molar refractivity (Wildman–Crippen MR) is 35.4 cm³/mol. The maximum Gasteiger partial charge on any atom is 0.0964 e. The van der Waals surface area contributed by atoms with Crippen LogP contribution < -0.4 is 0 Å². The van der Waals surface area contributed by atoms with E-state index >= 15 is 0 Å². The fourth-order valence-corrected chi connectivity index (χ4v) is 1.68. The number of likely N-dealkylation sites (tertiary alicyclic amines) is 1. The molecule has 2 heterocycles. The summed E-state index contributed by atoms with van der Waals surface area (Å²) in [6.45, 7) is 2.28. The van der Waals surface area contributed by atoms with Crippen LogP contribution in [0.4, 0.5) is 0 Å². The minimum Gasteiger partial charge on any atom is -0.371 e. The molecule has 0 aromatic heterocycles. The third-order valence-corrected chi connectivity index (χ3v) is 2.37. The van der Waals surface area contributed by atoms with Gasteiger partial charge in [0.25, 0.3) is 0 Å².